The maximum absolute atomic E-state index is 14.4. The molecule has 1 aliphatic heterocycles. The molecule has 0 aromatic heterocycles. The molecule has 17 heteroatoms. The zero-order valence-corrected chi connectivity index (χ0v) is 37.3. The molecule has 3 saturated carbocycles. The number of hydrogen-bond donors (Lipinski definition) is 5. The number of carbonyl (C=O) groups excluding carboxylic acids is 5. The van der Waals surface area contributed by atoms with Crippen LogP contribution >= 0.6 is 0 Å². The maximum atomic E-state index is 14.4. The highest BCUT2D eigenvalue weighted by Gasteiger charge is 2.76. The standard InChI is InChI=1S/C46H57N3O13S/c1-25(47-39(53)26(2)48-42(55)62-43(3,4)5)40(54)49-31-10-8-9-28(20-31)19-27-11-13-29(14-12-27)41-60-37-22-34-33-16-15-30-21-32(50)17-18-44(30,6)38(33)35(51)23-45(34,7)46(37,61-41)36(52)24-59-63(56,57)58/h8-14,17-18,20-21,25-26,33-35,37-38,41,51H,15-16,19,22-24H2,1-7H3,(H,47,53)(H,48,55)(H,49,54)(H,56,57,58)/t25-,26-,33-,34-,35-,37+,38+,41+,44-,45-,46+/m0/s1. The summed E-state index contributed by atoms with van der Waals surface area (Å²) >= 11 is 0. The number of ketones is 2. The van der Waals surface area contributed by atoms with E-state index >= 15 is 0 Å². The monoisotopic (exact) mass is 891 g/mol. The van der Waals surface area contributed by atoms with Crippen molar-refractivity contribution in [2.45, 2.75) is 122 Å². The van der Waals surface area contributed by atoms with Gasteiger partial charge in [-0.15, -0.1) is 0 Å². The van der Waals surface area contributed by atoms with Gasteiger partial charge in [0.15, 0.2) is 23.5 Å². The van der Waals surface area contributed by atoms with Crippen LogP contribution in [0, 0.1) is 28.6 Å². The van der Waals surface area contributed by atoms with Crippen molar-refractivity contribution < 1.29 is 60.4 Å². The molecule has 3 amide bonds. The number of hydrogen-bond acceptors (Lipinski definition) is 12. The van der Waals surface area contributed by atoms with Crippen LogP contribution in [-0.4, -0.2) is 89.7 Å². The first-order valence-electron chi connectivity index (χ1n) is 21.3. The van der Waals surface area contributed by atoms with Crippen molar-refractivity contribution in [2.75, 3.05) is 11.9 Å². The summed E-state index contributed by atoms with van der Waals surface area (Å²) in [7, 11) is -4.97. The van der Waals surface area contributed by atoms with Gasteiger partial charge in [-0.05, 0) is 114 Å². The number of fused-ring (bicyclic) bond motifs is 7. The van der Waals surface area contributed by atoms with Gasteiger partial charge >= 0.3 is 16.5 Å². The van der Waals surface area contributed by atoms with Crippen LogP contribution in [0.4, 0.5) is 10.5 Å². The average molecular weight is 892 g/mol. The minimum Gasteiger partial charge on any atom is -0.444 e. The summed E-state index contributed by atoms with van der Waals surface area (Å²) in [4.78, 5) is 64.4. The molecule has 340 valence electrons. The Morgan fingerprint density at radius 1 is 0.984 bits per heavy atom. The van der Waals surface area contributed by atoms with Gasteiger partial charge in [-0.25, -0.2) is 8.98 Å². The van der Waals surface area contributed by atoms with E-state index in [9.17, 15) is 42.0 Å². The van der Waals surface area contributed by atoms with E-state index < -0.39 is 93.3 Å². The Morgan fingerprint density at radius 2 is 1.68 bits per heavy atom. The first kappa shape index (κ1) is 46.2. The van der Waals surface area contributed by atoms with Crippen molar-refractivity contribution in [3.8, 4) is 0 Å². The predicted molar refractivity (Wildman–Crippen MR) is 228 cm³/mol. The third-order valence-electron chi connectivity index (χ3n) is 13.7. The highest BCUT2D eigenvalue weighted by Crippen LogP contribution is 2.70. The number of nitrogens with one attached hydrogen (secondary N) is 3. The zero-order valence-electron chi connectivity index (χ0n) is 36.5. The first-order chi connectivity index (χ1) is 29.4. The molecule has 11 atom stereocenters. The Labute approximate surface area is 367 Å². The van der Waals surface area contributed by atoms with Gasteiger partial charge in [0.2, 0.25) is 11.8 Å². The topological polar surface area (TPSA) is 233 Å². The Kier molecular flexibility index (Phi) is 12.5. The lowest BCUT2D eigenvalue weighted by molar-refractivity contribution is -0.200. The fourth-order valence-corrected chi connectivity index (χ4v) is 11.2. The number of amides is 3. The molecular weight excluding hydrogens is 835 g/mol. The number of Topliss-reactive ketones (excluding diaryl/α,β-unsaturated/α-hetero) is 1. The minimum atomic E-state index is -4.97. The van der Waals surface area contributed by atoms with Crippen LogP contribution in [0.15, 0.2) is 72.3 Å². The van der Waals surface area contributed by atoms with Crippen molar-refractivity contribution >= 4 is 45.6 Å². The van der Waals surface area contributed by atoms with Crippen molar-refractivity contribution in [3.63, 3.8) is 0 Å². The molecule has 0 bridgehead atoms. The van der Waals surface area contributed by atoms with E-state index in [-0.39, 0.29) is 30.0 Å². The van der Waals surface area contributed by atoms with Gasteiger partial charge in [-0.2, -0.15) is 8.42 Å². The van der Waals surface area contributed by atoms with Crippen LogP contribution in [0.3, 0.4) is 0 Å². The molecule has 0 radical (unpaired) electrons. The number of carbonyl (C=O) groups is 5. The molecule has 2 aromatic carbocycles. The van der Waals surface area contributed by atoms with Gasteiger partial charge < -0.3 is 35.3 Å². The van der Waals surface area contributed by atoms with E-state index in [4.69, 9.17) is 14.2 Å². The largest absolute Gasteiger partial charge is 0.444 e. The summed E-state index contributed by atoms with van der Waals surface area (Å²) in [5, 5.41) is 19.9. The molecular formula is C46H57N3O13S. The highest BCUT2D eigenvalue weighted by atomic mass is 32.3. The zero-order chi connectivity index (χ0) is 45.9. The molecule has 0 spiro atoms. The number of aliphatic hydroxyl groups is 1. The first-order valence-corrected chi connectivity index (χ1v) is 22.7. The molecule has 4 fully saturated rings. The molecule has 2 aromatic rings. The van der Waals surface area contributed by atoms with E-state index in [1.807, 2.05) is 56.3 Å². The van der Waals surface area contributed by atoms with Gasteiger partial charge in [-0.3, -0.25) is 23.7 Å². The van der Waals surface area contributed by atoms with Gasteiger partial charge in [0.25, 0.3) is 0 Å². The summed E-state index contributed by atoms with van der Waals surface area (Å²) in [6, 6.07) is 12.8. The Morgan fingerprint density at radius 3 is 2.37 bits per heavy atom. The second-order valence-corrected chi connectivity index (χ2v) is 20.2. The number of allylic oxidation sites excluding steroid dienone is 4. The Bertz CT molecular complexity index is 2340. The summed E-state index contributed by atoms with van der Waals surface area (Å²) < 4.78 is 55.9. The van der Waals surface area contributed by atoms with E-state index in [2.05, 4.69) is 20.1 Å². The molecule has 1 heterocycles. The maximum Gasteiger partial charge on any atom is 0.408 e. The lowest BCUT2D eigenvalue weighted by Gasteiger charge is -2.59. The lowest BCUT2D eigenvalue weighted by atomic mass is 9.46. The second-order valence-electron chi connectivity index (χ2n) is 19.1. The number of aliphatic hydroxyl groups excluding tert-OH is 1. The van der Waals surface area contributed by atoms with Crippen LogP contribution < -0.4 is 16.0 Å². The Hall–Kier alpha value is -4.78. The van der Waals surface area contributed by atoms with E-state index in [0.29, 0.717) is 36.9 Å². The summed E-state index contributed by atoms with van der Waals surface area (Å²) in [5.41, 5.74) is -0.134. The van der Waals surface area contributed by atoms with Gasteiger partial charge in [0.05, 0.1) is 12.2 Å². The van der Waals surface area contributed by atoms with Crippen molar-refractivity contribution in [3.05, 3.63) is 89.0 Å². The number of rotatable bonds is 12. The number of alkyl carbamates (subject to hydrolysis) is 1. The SMILES string of the molecule is C[C@H](NC(=O)OC(C)(C)C)C(=O)N[C@@H](C)C(=O)Nc1cccc(Cc2ccc([C@@H]3O[C@@H]4C[C@H]5[C@@H]6CCC7=CC(=O)C=C[C@]7(C)[C@H]6[C@@H](O)C[C@]5(C)[C@]4(C(=O)COS(=O)(=O)O)O3)cc2)c1. The molecule has 63 heavy (non-hydrogen) atoms. The quantitative estimate of drug-likeness (QED) is 0.176. The van der Waals surface area contributed by atoms with E-state index in [1.54, 1.807) is 45.1 Å². The number of anilines is 1. The van der Waals surface area contributed by atoms with Gasteiger partial charge in [0, 0.05) is 28.0 Å². The molecule has 7 rings (SSSR count). The fraction of sp³-hybridized carbons (Fsp3) is 0.543. The van der Waals surface area contributed by atoms with Crippen LogP contribution in [-0.2, 0) is 54.4 Å². The van der Waals surface area contributed by atoms with Gasteiger partial charge in [0.1, 0.15) is 24.3 Å². The van der Waals surface area contributed by atoms with Gasteiger partial charge in [-0.1, -0.05) is 61.9 Å². The smallest absolute Gasteiger partial charge is 0.408 e. The minimum absolute atomic E-state index is 0.0684. The second kappa shape index (κ2) is 17.0. The normalized spacial score (nSPS) is 31.9. The fourth-order valence-electron chi connectivity index (χ4n) is 10.9. The summed E-state index contributed by atoms with van der Waals surface area (Å²) in [5.74, 6) is -2.28. The van der Waals surface area contributed by atoms with Crippen LogP contribution in [0.25, 0.3) is 0 Å². The summed E-state index contributed by atoms with van der Waals surface area (Å²) in [6.45, 7) is 11.1. The lowest BCUT2D eigenvalue weighted by Crippen LogP contribution is -2.63. The molecule has 5 N–H and O–H groups in total. The highest BCUT2D eigenvalue weighted by molar-refractivity contribution is 7.80. The van der Waals surface area contributed by atoms with E-state index in [1.165, 1.54) is 13.8 Å². The van der Waals surface area contributed by atoms with Crippen LogP contribution in [0.1, 0.15) is 97.1 Å². The number of ether oxygens (including phenoxy) is 3. The van der Waals surface area contributed by atoms with Crippen molar-refractivity contribution in [1.29, 1.82) is 0 Å². The molecule has 16 nitrogen and oxygen atoms in total. The third-order valence-corrected chi connectivity index (χ3v) is 14.1. The predicted octanol–water partition coefficient (Wildman–Crippen LogP) is 5.06. The molecule has 4 aliphatic carbocycles. The Balaban J connectivity index is 1.03. The third kappa shape index (κ3) is 9.13. The average Bonchev–Trinajstić information content (AvgIpc) is 3.69. The van der Waals surface area contributed by atoms with Crippen molar-refractivity contribution in [1.82, 2.24) is 10.6 Å². The van der Waals surface area contributed by atoms with Crippen molar-refractivity contribution in [2.24, 2.45) is 28.6 Å². The molecule has 1 saturated heterocycles. The van der Waals surface area contributed by atoms with Crippen LogP contribution in [0.5, 0.6) is 0 Å². The van der Waals surface area contributed by atoms with E-state index in [0.717, 1.165) is 16.7 Å². The molecule has 0 unspecified atom stereocenters. The number of benzene rings is 2. The summed E-state index contributed by atoms with van der Waals surface area (Å²) in [6.07, 6.45) is 3.99. The van der Waals surface area contributed by atoms with Crippen LogP contribution in [0.2, 0.25) is 0 Å². The molecule has 5 aliphatic rings.